The van der Waals surface area contributed by atoms with Gasteiger partial charge in [0.05, 0.1) is 22.7 Å². The first-order valence-corrected chi connectivity index (χ1v) is 6.70. The van der Waals surface area contributed by atoms with Crippen molar-refractivity contribution in [3.05, 3.63) is 53.6 Å². The van der Waals surface area contributed by atoms with Crippen molar-refractivity contribution in [3.8, 4) is 6.07 Å². The van der Waals surface area contributed by atoms with Gasteiger partial charge in [0.1, 0.15) is 0 Å². The Morgan fingerprint density at radius 2 is 1.95 bits per heavy atom. The molecule has 3 aromatic rings. The number of imidazole rings is 1. The molecule has 0 saturated carbocycles. The maximum absolute atomic E-state index is 8.76. The molecule has 2 aromatic carbocycles. The van der Waals surface area contributed by atoms with Gasteiger partial charge in [-0.25, -0.2) is 4.98 Å². The number of rotatable bonds is 2. The fourth-order valence-electron chi connectivity index (χ4n) is 1.86. The zero-order chi connectivity index (χ0) is 13.2. The lowest BCUT2D eigenvalue weighted by Crippen LogP contribution is -1.77. The molecule has 92 valence electrons. The quantitative estimate of drug-likeness (QED) is 0.764. The summed E-state index contributed by atoms with van der Waals surface area (Å²) in [5, 5.41) is 9.63. The molecule has 0 amide bonds. The van der Waals surface area contributed by atoms with Crippen LogP contribution in [0.5, 0.6) is 0 Å². The Bertz CT molecular complexity index is 766. The molecule has 1 heterocycles. The van der Waals surface area contributed by atoms with Gasteiger partial charge in [-0.2, -0.15) is 5.26 Å². The third kappa shape index (κ3) is 2.47. The molecule has 0 fully saturated rings. The highest BCUT2D eigenvalue weighted by Crippen LogP contribution is 2.27. The van der Waals surface area contributed by atoms with E-state index in [1.54, 1.807) is 11.8 Å². The van der Waals surface area contributed by atoms with Gasteiger partial charge in [-0.3, -0.25) is 0 Å². The van der Waals surface area contributed by atoms with Crippen molar-refractivity contribution in [2.24, 2.45) is 0 Å². The third-order valence-corrected chi connectivity index (χ3v) is 3.71. The van der Waals surface area contributed by atoms with Gasteiger partial charge >= 0.3 is 0 Å². The van der Waals surface area contributed by atoms with Gasteiger partial charge in [0.25, 0.3) is 0 Å². The van der Waals surface area contributed by atoms with E-state index >= 15 is 0 Å². The Morgan fingerprint density at radius 1 is 1.16 bits per heavy atom. The smallest absolute Gasteiger partial charge is 0.171 e. The number of aromatic nitrogens is 2. The van der Waals surface area contributed by atoms with E-state index in [4.69, 9.17) is 5.26 Å². The summed E-state index contributed by atoms with van der Waals surface area (Å²) < 4.78 is 0. The van der Waals surface area contributed by atoms with Gasteiger partial charge in [-0.05, 0) is 48.9 Å². The standard InChI is InChI=1S/C15H11N3S/c1-10-2-7-13-14(8-10)18-15(17-13)19-12-5-3-11(9-16)4-6-12/h2-8H,1H3,(H,17,18). The minimum Gasteiger partial charge on any atom is -0.333 e. The van der Waals surface area contributed by atoms with Gasteiger partial charge in [-0.1, -0.05) is 17.8 Å². The fourth-order valence-corrected chi connectivity index (χ4v) is 2.66. The first kappa shape index (κ1) is 11.8. The van der Waals surface area contributed by atoms with Crippen molar-refractivity contribution in [2.75, 3.05) is 0 Å². The number of hydrogen-bond acceptors (Lipinski definition) is 3. The second-order valence-corrected chi connectivity index (χ2v) is 5.36. The van der Waals surface area contributed by atoms with E-state index in [-0.39, 0.29) is 0 Å². The van der Waals surface area contributed by atoms with E-state index in [0.717, 1.165) is 21.1 Å². The molecule has 0 aliphatic rings. The molecule has 0 unspecified atom stereocenters. The molecule has 0 aliphatic carbocycles. The number of aromatic amines is 1. The minimum absolute atomic E-state index is 0.671. The highest BCUT2D eigenvalue weighted by Gasteiger charge is 2.04. The van der Waals surface area contributed by atoms with Crippen LogP contribution in [0.2, 0.25) is 0 Å². The van der Waals surface area contributed by atoms with Crippen LogP contribution in [-0.2, 0) is 0 Å². The van der Waals surface area contributed by atoms with Crippen molar-refractivity contribution in [1.82, 2.24) is 9.97 Å². The molecule has 19 heavy (non-hydrogen) atoms. The van der Waals surface area contributed by atoms with Crippen LogP contribution < -0.4 is 0 Å². The summed E-state index contributed by atoms with van der Waals surface area (Å²) in [7, 11) is 0. The summed E-state index contributed by atoms with van der Waals surface area (Å²) in [6.07, 6.45) is 0. The molecular weight excluding hydrogens is 254 g/mol. The molecule has 0 spiro atoms. The van der Waals surface area contributed by atoms with E-state index in [1.807, 2.05) is 30.3 Å². The van der Waals surface area contributed by atoms with E-state index < -0.39 is 0 Å². The first-order chi connectivity index (χ1) is 9.24. The van der Waals surface area contributed by atoms with E-state index in [0.29, 0.717) is 5.56 Å². The molecule has 0 radical (unpaired) electrons. The van der Waals surface area contributed by atoms with Crippen LogP contribution in [0.15, 0.2) is 52.5 Å². The van der Waals surface area contributed by atoms with Crippen molar-refractivity contribution in [2.45, 2.75) is 17.0 Å². The number of hydrogen-bond donors (Lipinski definition) is 1. The summed E-state index contributed by atoms with van der Waals surface area (Å²) in [5.41, 5.74) is 3.91. The fraction of sp³-hybridized carbons (Fsp3) is 0.0667. The molecule has 1 aromatic heterocycles. The number of fused-ring (bicyclic) bond motifs is 1. The Morgan fingerprint density at radius 3 is 2.68 bits per heavy atom. The Balaban J connectivity index is 1.90. The average molecular weight is 265 g/mol. The average Bonchev–Trinajstić information content (AvgIpc) is 2.81. The van der Waals surface area contributed by atoms with Crippen LogP contribution in [0, 0.1) is 18.3 Å². The van der Waals surface area contributed by atoms with Gasteiger partial charge < -0.3 is 4.98 Å². The molecule has 1 N–H and O–H groups in total. The number of nitrogens with zero attached hydrogens (tertiary/aromatic N) is 2. The van der Waals surface area contributed by atoms with Gasteiger partial charge in [0.15, 0.2) is 5.16 Å². The zero-order valence-corrected chi connectivity index (χ0v) is 11.2. The zero-order valence-electron chi connectivity index (χ0n) is 10.3. The van der Waals surface area contributed by atoms with E-state index in [2.05, 4.69) is 35.1 Å². The second-order valence-electron chi connectivity index (χ2n) is 4.30. The molecule has 4 heteroatoms. The topological polar surface area (TPSA) is 52.5 Å². The molecule has 3 rings (SSSR count). The number of benzene rings is 2. The normalized spacial score (nSPS) is 10.5. The first-order valence-electron chi connectivity index (χ1n) is 5.89. The molecular formula is C15H11N3S. The molecule has 3 nitrogen and oxygen atoms in total. The van der Waals surface area contributed by atoms with Crippen LogP contribution in [-0.4, -0.2) is 9.97 Å². The maximum atomic E-state index is 8.76. The Labute approximate surface area is 115 Å². The van der Waals surface area contributed by atoms with Crippen LogP contribution in [0.4, 0.5) is 0 Å². The summed E-state index contributed by atoms with van der Waals surface area (Å²) in [6, 6.07) is 15.8. The molecule has 0 saturated heterocycles. The van der Waals surface area contributed by atoms with Crippen LogP contribution in [0.1, 0.15) is 11.1 Å². The van der Waals surface area contributed by atoms with Crippen molar-refractivity contribution in [1.29, 1.82) is 5.26 Å². The summed E-state index contributed by atoms with van der Waals surface area (Å²) >= 11 is 1.56. The van der Waals surface area contributed by atoms with E-state index in [1.165, 1.54) is 5.56 Å². The lowest BCUT2D eigenvalue weighted by atomic mass is 10.2. The van der Waals surface area contributed by atoms with Crippen molar-refractivity contribution in [3.63, 3.8) is 0 Å². The predicted molar refractivity (Wildman–Crippen MR) is 76.1 cm³/mol. The molecule has 0 atom stereocenters. The van der Waals surface area contributed by atoms with Crippen molar-refractivity contribution < 1.29 is 0 Å². The Kier molecular flexibility index (Phi) is 2.98. The second kappa shape index (κ2) is 4.79. The van der Waals surface area contributed by atoms with Gasteiger partial charge in [-0.15, -0.1) is 0 Å². The van der Waals surface area contributed by atoms with Crippen molar-refractivity contribution >= 4 is 22.8 Å². The summed E-state index contributed by atoms with van der Waals surface area (Å²) in [4.78, 5) is 8.90. The minimum atomic E-state index is 0.671. The van der Waals surface area contributed by atoms with Gasteiger partial charge in [0, 0.05) is 4.90 Å². The van der Waals surface area contributed by atoms with E-state index in [9.17, 15) is 0 Å². The number of aryl methyl sites for hydroxylation is 1. The number of nitrogens with one attached hydrogen (secondary N) is 1. The Hall–Kier alpha value is -2.25. The summed E-state index contributed by atoms with van der Waals surface area (Å²) in [6.45, 7) is 2.06. The molecule has 0 aliphatic heterocycles. The lowest BCUT2D eigenvalue weighted by molar-refractivity contribution is 1.08. The van der Waals surface area contributed by atoms with Crippen LogP contribution in [0.3, 0.4) is 0 Å². The lowest BCUT2D eigenvalue weighted by Gasteiger charge is -1.96. The van der Waals surface area contributed by atoms with Crippen LogP contribution in [0.25, 0.3) is 11.0 Å². The van der Waals surface area contributed by atoms with Crippen LogP contribution >= 0.6 is 11.8 Å². The summed E-state index contributed by atoms with van der Waals surface area (Å²) in [5.74, 6) is 0. The molecule has 0 bridgehead atoms. The third-order valence-electron chi connectivity index (χ3n) is 2.81. The highest BCUT2D eigenvalue weighted by molar-refractivity contribution is 7.99. The maximum Gasteiger partial charge on any atom is 0.171 e. The number of nitriles is 1. The monoisotopic (exact) mass is 265 g/mol. The predicted octanol–water partition coefficient (Wildman–Crippen LogP) is 3.89. The number of H-pyrrole nitrogens is 1. The largest absolute Gasteiger partial charge is 0.333 e. The van der Waals surface area contributed by atoms with Gasteiger partial charge in [0.2, 0.25) is 0 Å². The SMILES string of the molecule is Cc1ccc2nc(Sc3ccc(C#N)cc3)[nH]c2c1. The highest BCUT2D eigenvalue weighted by atomic mass is 32.2.